The van der Waals surface area contributed by atoms with E-state index in [-0.39, 0.29) is 16.8 Å². The third-order valence-corrected chi connectivity index (χ3v) is 5.95. The summed E-state index contributed by atoms with van der Waals surface area (Å²) >= 11 is 0. The Morgan fingerprint density at radius 2 is 1.90 bits per heavy atom. The Hall–Kier alpha value is -3.22. The van der Waals surface area contributed by atoms with E-state index in [4.69, 9.17) is 10.00 Å². The first-order valence-corrected chi connectivity index (χ1v) is 10.4. The number of carbonyl (C=O) groups excluding carboxylic acids is 2. The first kappa shape index (κ1) is 20.5. The second-order valence-corrected chi connectivity index (χ2v) is 8.33. The number of sulfonamides is 1. The molecule has 0 saturated heterocycles. The lowest BCUT2D eigenvalue weighted by atomic mass is 10.1. The van der Waals surface area contributed by atoms with E-state index in [9.17, 15) is 18.0 Å². The predicted molar refractivity (Wildman–Crippen MR) is 104 cm³/mol. The van der Waals surface area contributed by atoms with E-state index in [1.165, 1.54) is 24.3 Å². The van der Waals surface area contributed by atoms with Gasteiger partial charge in [0, 0.05) is 11.7 Å². The summed E-state index contributed by atoms with van der Waals surface area (Å²) in [5.41, 5.74) is 2.16. The Labute approximate surface area is 168 Å². The Morgan fingerprint density at radius 1 is 1.21 bits per heavy atom. The maximum Gasteiger partial charge on any atom is 0.321 e. The van der Waals surface area contributed by atoms with Crippen LogP contribution in [0, 0.1) is 11.3 Å². The van der Waals surface area contributed by atoms with Crippen molar-refractivity contribution in [3.63, 3.8) is 0 Å². The van der Waals surface area contributed by atoms with Crippen molar-refractivity contribution < 1.29 is 22.7 Å². The highest BCUT2D eigenvalue weighted by Gasteiger charge is 2.31. The third kappa shape index (κ3) is 4.62. The van der Waals surface area contributed by atoms with E-state index < -0.39 is 29.1 Å². The van der Waals surface area contributed by atoms with Crippen LogP contribution in [0.25, 0.3) is 0 Å². The monoisotopic (exact) mass is 413 g/mol. The van der Waals surface area contributed by atoms with Gasteiger partial charge in [0.2, 0.25) is 10.0 Å². The maximum atomic E-state index is 12.5. The summed E-state index contributed by atoms with van der Waals surface area (Å²) in [4.78, 5) is 25.9. The zero-order valence-corrected chi connectivity index (χ0v) is 16.5. The van der Waals surface area contributed by atoms with Gasteiger partial charge in [-0.05, 0) is 49.2 Å². The number of para-hydroxylation sites is 1. The lowest BCUT2D eigenvalue weighted by Crippen LogP contribution is -2.39. The number of rotatable bonds is 6. The molecule has 0 saturated carbocycles. The van der Waals surface area contributed by atoms with Crippen molar-refractivity contribution in [1.82, 2.24) is 4.72 Å². The van der Waals surface area contributed by atoms with Crippen molar-refractivity contribution in [1.29, 1.82) is 5.26 Å². The second-order valence-electron chi connectivity index (χ2n) is 6.57. The molecule has 9 heteroatoms. The molecule has 29 heavy (non-hydrogen) atoms. The smallest absolute Gasteiger partial charge is 0.321 e. The quantitative estimate of drug-likeness (QED) is 0.715. The number of anilines is 1. The Bertz CT molecular complexity index is 1070. The van der Waals surface area contributed by atoms with Gasteiger partial charge in [0.15, 0.2) is 6.61 Å². The van der Waals surface area contributed by atoms with Gasteiger partial charge >= 0.3 is 5.97 Å². The van der Waals surface area contributed by atoms with Gasteiger partial charge in [0.1, 0.15) is 6.54 Å². The fraction of sp³-hybridized carbons (Fsp3) is 0.250. The van der Waals surface area contributed by atoms with Gasteiger partial charge in [-0.25, -0.2) is 8.42 Å². The van der Waals surface area contributed by atoms with Crippen molar-refractivity contribution in [2.75, 3.05) is 18.1 Å². The summed E-state index contributed by atoms with van der Waals surface area (Å²) in [6, 6.07) is 14.6. The first-order chi connectivity index (χ1) is 13.8. The zero-order chi connectivity index (χ0) is 21.0. The summed E-state index contributed by atoms with van der Waals surface area (Å²) in [6.07, 6.45) is 0.722. The van der Waals surface area contributed by atoms with Crippen LogP contribution in [0.4, 0.5) is 5.69 Å². The van der Waals surface area contributed by atoms with Crippen LogP contribution >= 0.6 is 0 Å². The molecule has 2 aromatic rings. The van der Waals surface area contributed by atoms with Crippen LogP contribution in [-0.4, -0.2) is 39.5 Å². The summed E-state index contributed by atoms with van der Waals surface area (Å²) in [5, 5.41) is 8.75. The number of nitrogens with zero attached hydrogens (tertiary/aromatic N) is 2. The third-order valence-electron chi connectivity index (χ3n) is 4.53. The number of esters is 1. The van der Waals surface area contributed by atoms with E-state index in [0.29, 0.717) is 5.56 Å². The van der Waals surface area contributed by atoms with Crippen LogP contribution in [0.15, 0.2) is 53.4 Å². The van der Waals surface area contributed by atoms with Crippen LogP contribution in [0.3, 0.4) is 0 Å². The highest BCUT2D eigenvalue weighted by molar-refractivity contribution is 7.89. The average molecular weight is 413 g/mol. The van der Waals surface area contributed by atoms with Gasteiger partial charge in [-0.15, -0.1) is 0 Å². The van der Waals surface area contributed by atoms with Crippen LogP contribution < -0.4 is 9.62 Å². The van der Waals surface area contributed by atoms with Crippen molar-refractivity contribution >= 4 is 27.6 Å². The molecule has 1 aliphatic heterocycles. The van der Waals surface area contributed by atoms with E-state index in [2.05, 4.69) is 4.72 Å². The molecule has 0 aliphatic carbocycles. The molecule has 1 heterocycles. The normalized spacial score (nSPS) is 15.4. The van der Waals surface area contributed by atoms with Crippen LogP contribution in [-0.2, 0) is 30.8 Å². The van der Waals surface area contributed by atoms with Crippen LogP contribution in [0.5, 0.6) is 0 Å². The molecule has 2 aromatic carbocycles. The number of hydrogen-bond donors (Lipinski definition) is 1. The molecule has 0 aromatic heterocycles. The molecule has 1 N–H and O–H groups in total. The van der Waals surface area contributed by atoms with E-state index in [0.717, 1.165) is 17.7 Å². The van der Waals surface area contributed by atoms with Crippen LogP contribution in [0.2, 0.25) is 0 Å². The fourth-order valence-corrected chi connectivity index (χ4v) is 4.12. The van der Waals surface area contributed by atoms with Crippen LogP contribution in [0.1, 0.15) is 18.1 Å². The number of carbonyl (C=O) groups is 2. The SMILES string of the molecule is C[C@@H]1Cc2ccccc2N1C(=O)COC(=O)CNS(=O)(=O)c1ccc(C#N)cc1. The number of ether oxygens (including phenoxy) is 1. The Balaban J connectivity index is 1.53. The number of benzene rings is 2. The molecular formula is C20H19N3O5S. The first-order valence-electron chi connectivity index (χ1n) is 8.87. The molecule has 1 aliphatic rings. The summed E-state index contributed by atoms with van der Waals surface area (Å²) in [5.74, 6) is -1.23. The highest BCUT2D eigenvalue weighted by Crippen LogP contribution is 2.31. The van der Waals surface area contributed by atoms with Gasteiger partial charge < -0.3 is 9.64 Å². The topological polar surface area (TPSA) is 117 Å². The summed E-state index contributed by atoms with van der Waals surface area (Å²) in [7, 11) is -3.94. The van der Waals surface area contributed by atoms with Crippen molar-refractivity contribution in [2.45, 2.75) is 24.3 Å². The lowest BCUT2D eigenvalue weighted by Gasteiger charge is -2.22. The molecule has 0 spiro atoms. The molecule has 0 bridgehead atoms. The molecule has 1 atom stereocenters. The Kier molecular flexibility index (Phi) is 5.96. The largest absolute Gasteiger partial charge is 0.455 e. The minimum atomic E-state index is -3.94. The van der Waals surface area contributed by atoms with E-state index in [1.807, 2.05) is 37.3 Å². The Morgan fingerprint density at radius 3 is 2.59 bits per heavy atom. The lowest BCUT2D eigenvalue weighted by molar-refractivity contribution is -0.146. The van der Waals surface area contributed by atoms with Crippen molar-refractivity contribution in [3.05, 3.63) is 59.7 Å². The summed E-state index contributed by atoms with van der Waals surface area (Å²) < 4.78 is 31.4. The molecule has 0 fully saturated rings. The van der Waals surface area contributed by atoms with Gasteiger partial charge in [-0.2, -0.15) is 9.98 Å². The molecule has 0 radical (unpaired) electrons. The van der Waals surface area contributed by atoms with Crippen molar-refractivity contribution in [2.24, 2.45) is 0 Å². The van der Waals surface area contributed by atoms with E-state index in [1.54, 1.807) is 4.90 Å². The zero-order valence-electron chi connectivity index (χ0n) is 15.7. The average Bonchev–Trinajstić information content (AvgIpc) is 3.06. The summed E-state index contributed by atoms with van der Waals surface area (Å²) in [6.45, 7) is 0.823. The number of nitriles is 1. The maximum absolute atomic E-state index is 12.5. The van der Waals surface area contributed by atoms with Gasteiger partial charge in [-0.1, -0.05) is 18.2 Å². The predicted octanol–water partition coefficient (Wildman–Crippen LogP) is 1.36. The number of nitrogens with one attached hydrogen (secondary N) is 1. The van der Waals surface area contributed by atoms with Gasteiger partial charge in [0.25, 0.3) is 5.91 Å². The minimum absolute atomic E-state index is 0.0477. The van der Waals surface area contributed by atoms with Gasteiger partial charge in [0.05, 0.1) is 16.5 Å². The second kappa shape index (κ2) is 8.43. The molecule has 8 nitrogen and oxygen atoms in total. The molecular weight excluding hydrogens is 394 g/mol. The number of hydrogen-bond acceptors (Lipinski definition) is 6. The standard InChI is InChI=1S/C20H19N3O5S/c1-14-10-16-4-2-3-5-18(16)23(14)19(24)13-28-20(25)12-22-29(26,27)17-8-6-15(11-21)7-9-17/h2-9,14,22H,10,12-13H2,1H3/t14-/m1/s1. The molecule has 0 unspecified atom stereocenters. The van der Waals surface area contributed by atoms with E-state index >= 15 is 0 Å². The number of amides is 1. The fourth-order valence-electron chi connectivity index (χ4n) is 3.15. The van der Waals surface area contributed by atoms with Crippen molar-refractivity contribution in [3.8, 4) is 6.07 Å². The molecule has 1 amide bonds. The molecule has 3 rings (SSSR count). The highest BCUT2D eigenvalue weighted by atomic mass is 32.2. The number of fused-ring (bicyclic) bond motifs is 1. The minimum Gasteiger partial charge on any atom is -0.455 e. The molecule has 150 valence electrons. The van der Waals surface area contributed by atoms with Gasteiger partial charge in [-0.3, -0.25) is 9.59 Å².